The summed E-state index contributed by atoms with van der Waals surface area (Å²) in [7, 11) is 0. The smallest absolute Gasteiger partial charge is 0.224 e. The molecule has 1 aromatic rings. The van der Waals surface area contributed by atoms with Crippen molar-refractivity contribution in [1.82, 2.24) is 4.98 Å². The highest BCUT2D eigenvalue weighted by molar-refractivity contribution is 9.10. The van der Waals surface area contributed by atoms with E-state index in [4.69, 9.17) is 5.73 Å². The third-order valence-electron chi connectivity index (χ3n) is 2.03. The zero-order valence-corrected chi connectivity index (χ0v) is 11.0. The average molecular weight is 286 g/mol. The lowest BCUT2D eigenvalue weighted by Gasteiger charge is -2.17. The topological polar surface area (TPSA) is 68.0 Å². The molecule has 0 bridgehead atoms. The predicted molar refractivity (Wildman–Crippen MR) is 68.1 cm³/mol. The van der Waals surface area contributed by atoms with Crippen LogP contribution in [-0.4, -0.2) is 16.4 Å². The summed E-state index contributed by atoms with van der Waals surface area (Å²) in [5.41, 5.74) is 6.17. The minimum atomic E-state index is -0.316. The van der Waals surface area contributed by atoms with Crippen molar-refractivity contribution in [3.8, 4) is 0 Å². The molecule has 0 aliphatic rings. The Morgan fingerprint density at radius 2 is 2.31 bits per heavy atom. The molecule has 88 valence electrons. The molecule has 0 saturated carbocycles. The van der Waals surface area contributed by atoms with E-state index in [2.05, 4.69) is 26.2 Å². The number of hydrogen-bond acceptors (Lipinski definition) is 3. The number of halogens is 1. The number of nitrogens with two attached hydrogens (primary N) is 1. The first-order chi connectivity index (χ1) is 7.38. The van der Waals surface area contributed by atoms with Crippen molar-refractivity contribution in [2.75, 3.05) is 5.32 Å². The van der Waals surface area contributed by atoms with Gasteiger partial charge in [-0.2, -0.15) is 0 Å². The molecule has 0 aliphatic heterocycles. The van der Waals surface area contributed by atoms with Crippen molar-refractivity contribution >= 4 is 27.5 Å². The summed E-state index contributed by atoms with van der Waals surface area (Å²) in [5.74, 6) is -0.0489. The molecule has 4 nitrogen and oxygen atoms in total. The molecule has 5 heteroatoms. The Kier molecular flexibility index (Phi) is 4.44. The Morgan fingerprint density at radius 3 is 2.88 bits per heavy atom. The Balaban J connectivity index is 2.50. The molecule has 0 atom stereocenters. The first kappa shape index (κ1) is 13.1. The molecule has 0 aromatic carbocycles. The fourth-order valence-electron chi connectivity index (χ4n) is 1.13. The summed E-state index contributed by atoms with van der Waals surface area (Å²) in [6.45, 7) is 3.81. The van der Waals surface area contributed by atoms with Crippen molar-refractivity contribution in [1.29, 1.82) is 0 Å². The number of amides is 1. The van der Waals surface area contributed by atoms with Crippen LogP contribution in [0.1, 0.15) is 26.7 Å². The monoisotopic (exact) mass is 285 g/mol. The van der Waals surface area contributed by atoms with Gasteiger partial charge in [-0.3, -0.25) is 4.79 Å². The van der Waals surface area contributed by atoms with Gasteiger partial charge >= 0.3 is 0 Å². The highest BCUT2D eigenvalue weighted by atomic mass is 79.9. The van der Waals surface area contributed by atoms with E-state index in [1.54, 1.807) is 18.3 Å². The summed E-state index contributed by atoms with van der Waals surface area (Å²) < 4.78 is 0.635. The highest BCUT2D eigenvalue weighted by Gasteiger charge is 2.13. The summed E-state index contributed by atoms with van der Waals surface area (Å²) in [6.07, 6.45) is 2.71. The number of nitrogens with zero attached hydrogens (tertiary/aromatic N) is 1. The molecule has 0 radical (unpaired) electrons. The van der Waals surface area contributed by atoms with Crippen LogP contribution in [0.25, 0.3) is 0 Å². The van der Waals surface area contributed by atoms with Crippen LogP contribution in [0.4, 0.5) is 5.69 Å². The van der Waals surface area contributed by atoms with Crippen molar-refractivity contribution < 1.29 is 4.79 Å². The Hall–Kier alpha value is -0.940. The van der Waals surface area contributed by atoms with Gasteiger partial charge < -0.3 is 11.1 Å². The van der Waals surface area contributed by atoms with E-state index in [1.165, 1.54) is 0 Å². The van der Waals surface area contributed by atoms with E-state index in [-0.39, 0.29) is 11.4 Å². The zero-order valence-electron chi connectivity index (χ0n) is 9.46. The van der Waals surface area contributed by atoms with Gasteiger partial charge in [0, 0.05) is 18.2 Å². The highest BCUT2D eigenvalue weighted by Crippen LogP contribution is 2.19. The van der Waals surface area contributed by atoms with Gasteiger partial charge in [-0.05, 0) is 48.3 Å². The molecule has 1 amide bonds. The maximum absolute atomic E-state index is 11.6. The van der Waals surface area contributed by atoms with Crippen molar-refractivity contribution in [2.24, 2.45) is 5.73 Å². The van der Waals surface area contributed by atoms with Gasteiger partial charge in [-0.25, -0.2) is 4.98 Å². The van der Waals surface area contributed by atoms with E-state index < -0.39 is 0 Å². The van der Waals surface area contributed by atoms with Crippen LogP contribution in [0.15, 0.2) is 22.9 Å². The van der Waals surface area contributed by atoms with Crippen LogP contribution in [-0.2, 0) is 4.79 Å². The van der Waals surface area contributed by atoms with E-state index in [0.717, 1.165) is 0 Å². The lowest BCUT2D eigenvalue weighted by Crippen LogP contribution is -2.33. The first-order valence-electron chi connectivity index (χ1n) is 5.08. The molecule has 1 aromatic heterocycles. The van der Waals surface area contributed by atoms with Crippen molar-refractivity contribution in [3.63, 3.8) is 0 Å². The van der Waals surface area contributed by atoms with Gasteiger partial charge in [0.25, 0.3) is 0 Å². The number of rotatable bonds is 4. The van der Waals surface area contributed by atoms with Crippen LogP contribution in [0.3, 0.4) is 0 Å². The third kappa shape index (κ3) is 4.72. The molecule has 1 rings (SSSR count). The number of aromatic nitrogens is 1. The number of nitrogens with one attached hydrogen (secondary N) is 1. The maximum atomic E-state index is 11.6. The molecule has 1 heterocycles. The fourth-order valence-corrected chi connectivity index (χ4v) is 1.48. The van der Waals surface area contributed by atoms with Gasteiger partial charge in [-0.15, -0.1) is 0 Å². The van der Waals surface area contributed by atoms with Crippen LogP contribution in [0.2, 0.25) is 0 Å². The summed E-state index contributed by atoms with van der Waals surface area (Å²) >= 11 is 3.26. The van der Waals surface area contributed by atoms with E-state index in [1.807, 2.05) is 13.8 Å². The number of pyridine rings is 1. The maximum Gasteiger partial charge on any atom is 0.224 e. The molecule has 0 saturated heterocycles. The number of anilines is 1. The van der Waals surface area contributed by atoms with Gasteiger partial charge in [0.1, 0.15) is 4.60 Å². The fraction of sp³-hybridized carbons (Fsp3) is 0.455. The molecular weight excluding hydrogens is 270 g/mol. The van der Waals surface area contributed by atoms with Crippen LogP contribution in [0, 0.1) is 0 Å². The second kappa shape index (κ2) is 5.41. The van der Waals surface area contributed by atoms with E-state index in [0.29, 0.717) is 23.1 Å². The van der Waals surface area contributed by atoms with Crippen molar-refractivity contribution in [3.05, 3.63) is 22.9 Å². The number of carbonyl (C=O) groups is 1. The van der Waals surface area contributed by atoms with Crippen molar-refractivity contribution in [2.45, 2.75) is 32.2 Å². The Bertz CT molecular complexity index is 374. The van der Waals surface area contributed by atoms with Gasteiger partial charge in [0.05, 0.1) is 5.69 Å². The van der Waals surface area contributed by atoms with Gasteiger partial charge in [-0.1, -0.05) is 0 Å². The number of carbonyl (C=O) groups excluding carboxylic acids is 1. The lowest BCUT2D eigenvalue weighted by atomic mass is 10.00. The second-order valence-electron chi connectivity index (χ2n) is 4.38. The van der Waals surface area contributed by atoms with E-state index >= 15 is 0 Å². The number of hydrogen-bond donors (Lipinski definition) is 2. The van der Waals surface area contributed by atoms with Gasteiger partial charge in [0.2, 0.25) is 5.91 Å². The molecule has 3 N–H and O–H groups in total. The van der Waals surface area contributed by atoms with Crippen LogP contribution in [0.5, 0.6) is 0 Å². The van der Waals surface area contributed by atoms with Gasteiger partial charge in [0.15, 0.2) is 0 Å². The summed E-state index contributed by atoms with van der Waals surface area (Å²) in [5, 5.41) is 2.78. The molecule has 0 spiro atoms. The average Bonchev–Trinajstić information content (AvgIpc) is 2.18. The minimum Gasteiger partial charge on any atom is -0.326 e. The SMILES string of the molecule is CC(C)(N)CCC(=O)Nc1cccnc1Br. The van der Waals surface area contributed by atoms with Crippen LogP contribution >= 0.6 is 15.9 Å². The molecule has 16 heavy (non-hydrogen) atoms. The van der Waals surface area contributed by atoms with Crippen LogP contribution < -0.4 is 11.1 Å². The molecular formula is C11H16BrN3O. The minimum absolute atomic E-state index is 0.0489. The Morgan fingerprint density at radius 1 is 1.62 bits per heavy atom. The zero-order chi connectivity index (χ0) is 12.2. The second-order valence-corrected chi connectivity index (χ2v) is 5.13. The first-order valence-corrected chi connectivity index (χ1v) is 5.87. The quantitative estimate of drug-likeness (QED) is 0.834. The molecule has 0 aliphatic carbocycles. The lowest BCUT2D eigenvalue weighted by molar-refractivity contribution is -0.116. The molecule has 0 unspecified atom stereocenters. The largest absolute Gasteiger partial charge is 0.326 e. The predicted octanol–water partition coefficient (Wildman–Crippen LogP) is 2.30. The summed E-state index contributed by atoms with van der Waals surface area (Å²) in [6, 6.07) is 3.57. The van der Waals surface area contributed by atoms with E-state index in [9.17, 15) is 4.79 Å². The molecule has 0 fully saturated rings. The standard InChI is InChI=1S/C11H16BrN3O/c1-11(2,13)6-5-9(16)15-8-4-3-7-14-10(8)12/h3-4,7H,5-6,13H2,1-2H3,(H,15,16). The third-order valence-corrected chi connectivity index (χ3v) is 2.66. The Labute approximate surface area is 104 Å². The summed E-state index contributed by atoms with van der Waals surface area (Å²) in [4.78, 5) is 15.6. The normalized spacial score (nSPS) is 11.2.